The molecule has 0 bridgehead atoms. The van der Waals surface area contributed by atoms with E-state index in [0.717, 1.165) is 45.3 Å². The number of aliphatic hydroxyl groups is 1. The van der Waals surface area contributed by atoms with E-state index in [4.69, 9.17) is 0 Å². The monoisotopic (exact) mass is 262 g/mol. The second-order valence-corrected chi connectivity index (χ2v) is 5.75. The molecule has 2 aliphatic rings. The van der Waals surface area contributed by atoms with E-state index in [0.29, 0.717) is 13.1 Å². The molecule has 1 aliphatic heterocycles. The quantitative estimate of drug-likeness (QED) is 0.833. The molecule has 3 nitrogen and oxygen atoms in total. The summed E-state index contributed by atoms with van der Waals surface area (Å²) >= 11 is 0. The number of hydrogen-bond acceptors (Lipinski definition) is 3. The fourth-order valence-corrected chi connectivity index (χ4v) is 3.11. The Labute approximate surface area is 108 Å². The van der Waals surface area contributed by atoms with Crippen LogP contribution in [0.1, 0.15) is 32.1 Å². The van der Waals surface area contributed by atoms with Crippen LogP contribution in [0.4, 0.5) is 8.78 Å². The van der Waals surface area contributed by atoms with Crippen molar-refractivity contribution >= 4 is 0 Å². The zero-order valence-electron chi connectivity index (χ0n) is 11.0. The van der Waals surface area contributed by atoms with Crippen LogP contribution < -0.4 is 0 Å². The average Bonchev–Trinajstić information content (AvgIpc) is 2.31. The van der Waals surface area contributed by atoms with Crippen molar-refractivity contribution in [1.29, 1.82) is 0 Å². The van der Waals surface area contributed by atoms with Crippen molar-refractivity contribution in [3.8, 4) is 0 Å². The van der Waals surface area contributed by atoms with Crippen LogP contribution in [-0.2, 0) is 0 Å². The van der Waals surface area contributed by atoms with Gasteiger partial charge in [-0.1, -0.05) is 19.3 Å². The van der Waals surface area contributed by atoms with Gasteiger partial charge in [-0.2, -0.15) is 0 Å². The molecular weight excluding hydrogens is 238 g/mol. The van der Waals surface area contributed by atoms with E-state index in [2.05, 4.69) is 4.90 Å². The highest BCUT2D eigenvalue weighted by atomic mass is 19.3. The Morgan fingerprint density at radius 1 is 0.944 bits per heavy atom. The van der Waals surface area contributed by atoms with Gasteiger partial charge in [0, 0.05) is 32.7 Å². The number of hydrogen-bond donors (Lipinski definition) is 1. The van der Waals surface area contributed by atoms with E-state index >= 15 is 0 Å². The molecule has 18 heavy (non-hydrogen) atoms. The van der Waals surface area contributed by atoms with Crippen molar-refractivity contribution < 1.29 is 13.9 Å². The summed E-state index contributed by atoms with van der Waals surface area (Å²) in [6.07, 6.45) is 3.00. The summed E-state index contributed by atoms with van der Waals surface area (Å²) in [4.78, 5) is 4.04. The minimum Gasteiger partial charge on any atom is -0.389 e. The van der Waals surface area contributed by atoms with Crippen LogP contribution in [0.3, 0.4) is 0 Å². The molecule has 0 unspecified atom stereocenters. The molecule has 0 aromatic rings. The number of β-amino-alcohol motifs (C(OH)–C–C–N with tert-alkyl or cyclic N) is 1. The van der Waals surface area contributed by atoms with Gasteiger partial charge in [0.2, 0.25) is 0 Å². The Morgan fingerprint density at radius 3 is 2.06 bits per heavy atom. The first kappa shape index (κ1) is 14.2. The lowest BCUT2D eigenvalue weighted by Gasteiger charge is -2.40. The lowest BCUT2D eigenvalue weighted by Crippen LogP contribution is -2.53. The summed E-state index contributed by atoms with van der Waals surface area (Å²) in [5.74, 6) is 0. The maximum Gasteiger partial charge on any atom is 0.251 e. The summed E-state index contributed by atoms with van der Waals surface area (Å²) in [6, 6.07) is 0. The largest absolute Gasteiger partial charge is 0.389 e. The Morgan fingerprint density at radius 2 is 1.50 bits per heavy atom. The van der Waals surface area contributed by atoms with Gasteiger partial charge < -0.3 is 5.11 Å². The highest BCUT2D eigenvalue weighted by Gasteiger charge is 2.32. The molecule has 0 spiro atoms. The first-order valence-corrected chi connectivity index (χ1v) is 7.03. The predicted molar refractivity (Wildman–Crippen MR) is 66.9 cm³/mol. The number of halogens is 2. The maximum absolute atomic E-state index is 12.3. The fraction of sp³-hybridized carbons (Fsp3) is 1.00. The van der Waals surface area contributed by atoms with Crippen molar-refractivity contribution in [2.45, 2.75) is 44.1 Å². The van der Waals surface area contributed by atoms with Gasteiger partial charge in [0.1, 0.15) is 0 Å². The van der Waals surface area contributed by atoms with Crippen molar-refractivity contribution in [3.63, 3.8) is 0 Å². The number of piperazine rings is 1. The highest BCUT2D eigenvalue weighted by Crippen LogP contribution is 2.29. The van der Waals surface area contributed by atoms with E-state index in [1.807, 2.05) is 4.90 Å². The minimum atomic E-state index is -2.24. The number of nitrogens with zero attached hydrogens (tertiary/aromatic N) is 2. The summed E-state index contributed by atoms with van der Waals surface area (Å²) in [6.45, 7) is 3.60. The molecule has 106 valence electrons. The first-order chi connectivity index (χ1) is 8.57. The molecule has 1 saturated heterocycles. The molecule has 1 saturated carbocycles. The van der Waals surface area contributed by atoms with Crippen molar-refractivity contribution in [2.24, 2.45) is 0 Å². The number of alkyl halides is 2. The Kier molecular flexibility index (Phi) is 4.92. The van der Waals surface area contributed by atoms with Gasteiger partial charge in [-0.3, -0.25) is 9.80 Å². The minimum absolute atomic E-state index is 0.113. The van der Waals surface area contributed by atoms with Gasteiger partial charge in [-0.25, -0.2) is 8.78 Å². The van der Waals surface area contributed by atoms with Crippen LogP contribution in [0, 0.1) is 0 Å². The summed E-state index contributed by atoms with van der Waals surface area (Å²) in [5, 5.41) is 10.5. The Balaban J connectivity index is 1.72. The molecule has 0 atom stereocenters. The Bertz CT molecular complexity index is 249. The molecule has 5 heteroatoms. The van der Waals surface area contributed by atoms with Crippen LogP contribution in [0.15, 0.2) is 0 Å². The number of rotatable bonds is 4. The van der Waals surface area contributed by atoms with Crippen LogP contribution in [0.25, 0.3) is 0 Å². The van der Waals surface area contributed by atoms with Gasteiger partial charge >= 0.3 is 0 Å². The fourth-order valence-electron chi connectivity index (χ4n) is 3.11. The molecule has 2 fully saturated rings. The highest BCUT2D eigenvalue weighted by molar-refractivity contribution is 4.87. The summed E-state index contributed by atoms with van der Waals surface area (Å²) in [5.41, 5.74) is -0.525. The average molecular weight is 262 g/mol. The van der Waals surface area contributed by atoms with E-state index in [1.54, 1.807) is 0 Å². The molecule has 1 N–H and O–H groups in total. The van der Waals surface area contributed by atoms with Crippen LogP contribution in [0.5, 0.6) is 0 Å². The molecule has 2 rings (SSSR count). The molecule has 1 heterocycles. The standard InChI is InChI=1S/C13H24F2N2O/c14-12(15)10-16-6-8-17(9-7-16)11-13(18)4-2-1-3-5-13/h12,18H,1-11H2. The SMILES string of the molecule is OC1(CN2CCN(CC(F)F)CC2)CCCCC1. The third-order valence-corrected chi connectivity index (χ3v) is 4.16. The zero-order chi connectivity index (χ0) is 13.0. The van der Waals surface area contributed by atoms with Gasteiger partial charge in [-0.05, 0) is 12.8 Å². The van der Waals surface area contributed by atoms with Crippen molar-refractivity contribution in [1.82, 2.24) is 9.80 Å². The van der Waals surface area contributed by atoms with Crippen LogP contribution in [0.2, 0.25) is 0 Å². The van der Waals surface area contributed by atoms with E-state index < -0.39 is 12.0 Å². The summed E-state index contributed by atoms with van der Waals surface area (Å²) < 4.78 is 24.5. The Hall–Kier alpha value is -0.260. The topological polar surface area (TPSA) is 26.7 Å². The maximum atomic E-state index is 12.3. The molecule has 0 aromatic heterocycles. The molecule has 1 aliphatic carbocycles. The first-order valence-electron chi connectivity index (χ1n) is 7.03. The summed E-state index contributed by atoms with van der Waals surface area (Å²) in [7, 11) is 0. The van der Waals surface area contributed by atoms with E-state index in [1.165, 1.54) is 6.42 Å². The van der Waals surface area contributed by atoms with Crippen molar-refractivity contribution in [3.05, 3.63) is 0 Å². The van der Waals surface area contributed by atoms with E-state index in [9.17, 15) is 13.9 Å². The van der Waals surface area contributed by atoms with Crippen LogP contribution >= 0.6 is 0 Å². The van der Waals surface area contributed by atoms with Gasteiger partial charge in [0.15, 0.2) is 0 Å². The van der Waals surface area contributed by atoms with E-state index in [-0.39, 0.29) is 6.54 Å². The van der Waals surface area contributed by atoms with Gasteiger partial charge in [0.05, 0.1) is 12.1 Å². The van der Waals surface area contributed by atoms with Gasteiger partial charge in [-0.15, -0.1) is 0 Å². The smallest absolute Gasteiger partial charge is 0.251 e. The normalized spacial score (nSPS) is 26.7. The molecular formula is C13H24F2N2O. The molecule has 0 aromatic carbocycles. The second-order valence-electron chi connectivity index (χ2n) is 5.75. The third kappa shape index (κ3) is 4.14. The zero-order valence-corrected chi connectivity index (χ0v) is 11.0. The van der Waals surface area contributed by atoms with Gasteiger partial charge in [0.25, 0.3) is 6.43 Å². The lowest BCUT2D eigenvalue weighted by atomic mass is 9.84. The third-order valence-electron chi connectivity index (χ3n) is 4.16. The molecule has 0 amide bonds. The van der Waals surface area contributed by atoms with Crippen molar-refractivity contribution in [2.75, 3.05) is 39.3 Å². The second kappa shape index (κ2) is 6.26. The van der Waals surface area contributed by atoms with Crippen LogP contribution in [-0.4, -0.2) is 66.2 Å². The lowest BCUT2D eigenvalue weighted by molar-refractivity contribution is -0.0388. The molecule has 0 radical (unpaired) electrons. The predicted octanol–water partition coefficient (Wildman–Crippen LogP) is 1.56.